The van der Waals surface area contributed by atoms with E-state index < -0.39 is 0 Å². The minimum atomic E-state index is -0.206. The average Bonchev–Trinajstić information content (AvgIpc) is 1.83. The van der Waals surface area contributed by atoms with Crippen LogP contribution in [0, 0.1) is 11.3 Å². The summed E-state index contributed by atoms with van der Waals surface area (Å²) in [6.07, 6.45) is 2.94. The Hall–Kier alpha value is -1.07. The van der Waals surface area contributed by atoms with Crippen molar-refractivity contribution in [2.24, 2.45) is 0 Å². The molecule has 8 heavy (non-hydrogen) atoms. The van der Waals surface area contributed by atoms with Crippen molar-refractivity contribution >= 4 is 0 Å². The fraction of sp³-hybridized carbons (Fsp3) is 0.167. The molecule has 0 radical (unpaired) electrons. The quantitative estimate of drug-likeness (QED) is 0.417. The largest absolute Gasteiger partial charge is 0.391 e. The first-order chi connectivity index (χ1) is 3.85. The van der Waals surface area contributed by atoms with Gasteiger partial charge in [0, 0.05) is 0 Å². The highest BCUT2D eigenvalue weighted by Crippen LogP contribution is 1.87. The molecule has 0 heterocycles. The summed E-state index contributed by atoms with van der Waals surface area (Å²) in [5.74, 6) is 0. The van der Waals surface area contributed by atoms with E-state index in [1.807, 2.05) is 0 Å². The average molecular weight is 109 g/mol. The Bertz CT molecular complexity index is 141. The molecule has 0 aromatic rings. The predicted octanol–water partition coefficient (Wildman–Crippen LogP) is 0.615. The van der Waals surface area contributed by atoms with Crippen molar-refractivity contribution in [3.63, 3.8) is 0 Å². The zero-order valence-electron chi connectivity index (χ0n) is 4.46. The molecule has 0 unspecified atom stereocenters. The SMILES string of the molecule is C=C/C=C(/C#N)CO. The third kappa shape index (κ3) is 2.17. The summed E-state index contributed by atoms with van der Waals surface area (Å²) < 4.78 is 0. The minimum absolute atomic E-state index is 0.206. The van der Waals surface area contributed by atoms with Gasteiger partial charge < -0.3 is 5.11 Å². The summed E-state index contributed by atoms with van der Waals surface area (Å²) in [6, 6.07) is 1.79. The van der Waals surface area contributed by atoms with E-state index in [1.54, 1.807) is 6.07 Å². The van der Waals surface area contributed by atoms with E-state index in [9.17, 15) is 0 Å². The van der Waals surface area contributed by atoms with Crippen LogP contribution in [0.3, 0.4) is 0 Å². The normalized spacial score (nSPS) is 10.2. The summed E-state index contributed by atoms with van der Waals surface area (Å²) in [4.78, 5) is 0. The lowest BCUT2D eigenvalue weighted by Crippen LogP contribution is -1.83. The molecule has 2 heteroatoms. The van der Waals surface area contributed by atoms with Crippen LogP contribution in [0.5, 0.6) is 0 Å². The third-order valence-electron chi connectivity index (χ3n) is 0.633. The van der Waals surface area contributed by atoms with Gasteiger partial charge in [-0.3, -0.25) is 0 Å². The maximum Gasteiger partial charge on any atom is 0.0971 e. The third-order valence-corrected chi connectivity index (χ3v) is 0.633. The van der Waals surface area contributed by atoms with E-state index in [4.69, 9.17) is 10.4 Å². The van der Waals surface area contributed by atoms with Crippen LogP contribution in [0.25, 0.3) is 0 Å². The summed E-state index contributed by atoms with van der Waals surface area (Å²) in [7, 11) is 0. The van der Waals surface area contributed by atoms with Crippen molar-refractivity contribution in [1.82, 2.24) is 0 Å². The fourth-order valence-corrected chi connectivity index (χ4v) is 0.268. The van der Waals surface area contributed by atoms with Crippen LogP contribution in [0.2, 0.25) is 0 Å². The lowest BCUT2D eigenvalue weighted by atomic mass is 10.3. The monoisotopic (exact) mass is 109 g/mol. The molecule has 0 aromatic heterocycles. The van der Waals surface area contributed by atoms with Crippen molar-refractivity contribution in [2.45, 2.75) is 0 Å². The molecule has 0 spiro atoms. The van der Waals surface area contributed by atoms with Gasteiger partial charge in [0.05, 0.1) is 18.2 Å². The molecule has 0 aliphatic carbocycles. The second-order valence-corrected chi connectivity index (χ2v) is 1.20. The van der Waals surface area contributed by atoms with Crippen LogP contribution in [0.1, 0.15) is 0 Å². The standard InChI is InChI=1S/C6H7NO/c1-2-3-6(4-7)5-8/h2-3,8H,1,5H2/b6-3-. The highest BCUT2D eigenvalue weighted by atomic mass is 16.3. The molecule has 0 aliphatic rings. The topological polar surface area (TPSA) is 44.0 Å². The van der Waals surface area contributed by atoms with Gasteiger partial charge in [-0.05, 0) is 6.08 Å². The molecule has 0 atom stereocenters. The van der Waals surface area contributed by atoms with Gasteiger partial charge in [0.2, 0.25) is 0 Å². The molecule has 0 aliphatic heterocycles. The maximum absolute atomic E-state index is 8.32. The molecule has 0 amide bonds. The Balaban J connectivity index is 3.91. The highest BCUT2D eigenvalue weighted by Gasteiger charge is 1.84. The number of aliphatic hydroxyl groups excluding tert-OH is 1. The molecule has 0 saturated carbocycles. The predicted molar refractivity (Wildman–Crippen MR) is 31.0 cm³/mol. The number of nitriles is 1. The van der Waals surface area contributed by atoms with Crippen LogP contribution < -0.4 is 0 Å². The number of nitrogens with zero attached hydrogens (tertiary/aromatic N) is 1. The lowest BCUT2D eigenvalue weighted by molar-refractivity contribution is 0.336. The maximum atomic E-state index is 8.32. The van der Waals surface area contributed by atoms with Crippen molar-refractivity contribution in [2.75, 3.05) is 6.61 Å². The van der Waals surface area contributed by atoms with Crippen LogP contribution in [0.4, 0.5) is 0 Å². The van der Waals surface area contributed by atoms with E-state index in [0.29, 0.717) is 5.57 Å². The van der Waals surface area contributed by atoms with Crippen LogP contribution in [0.15, 0.2) is 24.3 Å². The van der Waals surface area contributed by atoms with Gasteiger partial charge in [0.15, 0.2) is 0 Å². The first-order valence-electron chi connectivity index (χ1n) is 2.17. The van der Waals surface area contributed by atoms with Gasteiger partial charge in [-0.2, -0.15) is 5.26 Å². The summed E-state index contributed by atoms with van der Waals surface area (Å²) in [6.45, 7) is 3.15. The van der Waals surface area contributed by atoms with Crippen molar-refractivity contribution in [3.8, 4) is 6.07 Å². The first kappa shape index (κ1) is 6.93. The molecule has 0 fully saturated rings. The van der Waals surface area contributed by atoms with Gasteiger partial charge in [0.25, 0.3) is 0 Å². The Morgan fingerprint density at radius 2 is 2.50 bits per heavy atom. The second-order valence-electron chi connectivity index (χ2n) is 1.20. The Morgan fingerprint density at radius 1 is 1.88 bits per heavy atom. The Labute approximate surface area is 48.4 Å². The smallest absolute Gasteiger partial charge is 0.0971 e. The summed E-state index contributed by atoms with van der Waals surface area (Å²) in [5, 5.41) is 16.4. The molecule has 0 rings (SSSR count). The molecule has 0 bridgehead atoms. The van der Waals surface area contributed by atoms with E-state index in [-0.39, 0.29) is 6.61 Å². The molecule has 0 aromatic carbocycles. The summed E-state index contributed by atoms with van der Waals surface area (Å²) in [5.41, 5.74) is 0.333. The Kier molecular flexibility index (Phi) is 3.55. The number of hydrogen-bond donors (Lipinski definition) is 1. The number of allylic oxidation sites excluding steroid dienone is 2. The minimum Gasteiger partial charge on any atom is -0.391 e. The molecular formula is C6H7NO. The van der Waals surface area contributed by atoms with Crippen LogP contribution in [-0.2, 0) is 0 Å². The molecular weight excluding hydrogens is 102 g/mol. The molecule has 2 nitrogen and oxygen atoms in total. The van der Waals surface area contributed by atoms with Crippen molar-refractivity contribution < 1.29 is 5.11 Å². The van der Waals surface area contributed by atoms with Crippen molar-refractivity contribution in [1.29, 1.82) is 5.26 Å². The van der Waals surface area contributed by atoms with Gasteiger partial charge in [-0.1, -0.05) is 12.7 Å². The number of rotatable bonds is 2. The van der Waals surface area contributed by atoms with E-state index in [0.717, 1.165) is 0 Å². The zero-order chi connectivity index (χ0) is 6.41. The molecule has 0 saturated heterocycles. The van der Waals surface area contributed by atoms with Gasteiger partial charge in [-0.15, -0.1) is 0 Å². The fourth-order valence-electron chi connectivity index (χ4n) is 0.268. The van der Waals surface area contributed by atoms with E-state index >= 15 is 0 Å². The van der Waals surface area contributed by atoms with E-state index in [2.05, 4.69) is 6.58 Å². The number of aliphatic hydroxyl groups is 1. The number of hydrogen-bond acceptors (Lipinski definition) is 2. The molecule has 42 valence electrons. The zero-order valence-corrected chi connectivity index (χ0v) is 4.46. The van der Waals surface area contributed by atoms with Gasteiger partial charge in [-0.25, -0.2) is 0 Å². The van der Waals surface area contributed by atoms with E-state index in [1.165, 1.54) is 12.2 Å². The Morgan fingerprint density at radius 3 is 2.62 bits per heavy atom. The lowest BCUT2D eigenvalue weighted by Gasteiger charge is -1.82. The summed E-state index contributed by atoms with van der Waals surface area (Å²) >= 11 is 0. The first-order valence-corrected chi connectivity index (χ1v) is 2.17. The van der Waals surface area contributed by atoms with Crippen LogP contribution >= 0.6 is 0 Å². The highest BCUT2D eigenvalue weighted by molar-refractivity contribution is 5.24. The van der Waals surface area contributed by atoms with Crippen LogP contribution in [-0.4, -0.2) is 11.7 Å². The van der Waals surface area contributed by atoms with Gasteiger partial charge in [0.1, 0.15) is 0 Å². The van der Waals surface area contributed by atoms with Gasteiger partial charge >= 0.3 is 0 Å². The second kappa shape index (κ2) is 4.10. The van der Waals surface area contributed by atoms with Crippen molar-refractivity contribution in [3.05, 3.63) is 24.3 Å². The molecule has 1 N–H and O–H groups in total.